The maximum Gasteiger partial charge on any atom is 0.278 e. The molecule has 0 spiro atoms. The van der Waals surface area contributed by atoms with Crippen LogP contribution in [0.15, 0.2) is 72.4 Å². The Morgan fingerprint density at radius 2 is 1.62 bits per heavy atom. The van der Waals surface area contributed by atoms with Crippen molar-refractivity contribution in [3.63, 3.8) is 0 Å². The van der Waals surface area contributed by atoms with Gasteiger partial charge in [-0.05, 0) is 47.5 Å². The summed E-state index contributed by atoms with van der Waals surface area (Å²) in [5.74, 6) is -0.258. The molecule has 6 nitrogen and oxygen atoms in total. The van der Waals surface area contributed by atoms with Crippen molar-refractivity contribution in [2.45, 2.75) is 6.54 Å². The Bertz CT molecular complexity index is 1260. The smallest absolute Gasteiger partial charge is 0.278 e. The Hall–Kier alpha value is -3.84. The van der Waals surface area contributed by atoms with Gasteiger partial charge in [0.2, 0.25) is 6.79 Å². The van der Waals surface area contributed by atoms with E-state index in [2.05, 4.69) is 5.32 Å². The lowest BCUT2D eigenvalue weighted by Crippen LogP contribution is -2.32. The van der Waals surface area contributed by atoms with Crippen LogP contribution in [-0.2, 0) is 16.1 Å². The predicted octanol–water partition coefficient (Wildman–Crippen LogP) is 4.60. The van der Waals surface area contributed by atoms with E-state index < -0.39 is 17.6 Å². The molecule has 8 heteroatoms. The highest BCUT2D eigenvalue weighted by Crippen LogP contribution is 2.37. The molecule has 0 aliphatic carbocycles. The first-order valence-corrected chi connectivity index (χ1v) is 10.1. The standard InChI is InChI=1S/C24H16ClFN2O4/c25-16-5-1-14(2-6-16)12-28-23(29)21(15-3-7-17(26)8-4-15)22(24(28)30)27-18-9-10-19-20(11-18)32-13-31-19/h1-11,27H,12-13H2. The first-order valence-electron chi connectivity index (χ1n) is 9.77. The van der Waals surface area contributed by atoms with Gasteiger partial charge in [0.05, 0.1) is 12.1 Å². The molecule has 1 N–H and O–H groups in total. The van der Waals surface area contributed by atoms with Gasteiger partial charge in [-0.2, -0.15) is 0 Å². The van der Waals surface area contributed by atoms with Gasteiger partial charge in [-0.1, -0.05) is 35.9 Å². The Labute approximate surface area is 187 Å². The fourth-order valence-electron chi connectivity index (χ4n) is 3.61. The van der Waals surface area contributed by atoms with Gasteiger partial charge in [-0.3, -0.25) is 14.5 Å². The molecule has 32 heavy (non-hydrogen) atoms. The van der Waals surface area contributed by atoms with E-state index in [0.29, 0.717) is 27.8 Å². The molecule has 0 unspecified atom stereocenters. The topological polar surface area (TPSA) is 67.9 Å². The van der Waals surface area contributed by atoms with Crippen molar-refractivity contribution in [1.82, 2.24) is 4.90 Å². The lowest BCUT2D eigenvalue weighted by Gasteiger charge is -2.15. The molecule has 0 radical (unpaired) electrons. The normalized spacial score (nSPS) is 15.0. The summed E-state index contributed by atoms with van der Waals surface area (Å²) in [6.45, 7) is 0.195. The molecular weight excluding hydrogens is 435 g/mol. The number of benzene rings is 3. The van der Waals surface area contributed by atoms with Crippen molar-refractivity contribution >= 4 is 34.7 Å². The summed E-state index contributed by atoms with van der Waals surface area (Å²) in [7, 11) is 0. The molecular formula is C24H16ClFN2O4. The van der Waals surface area contributed by atoms with E-state index in [1.54, 1.807) is 42.5 Å². The molecule has 2 aliphatic rings. The maximum absolute atomic E-state index is 13.5. The van der Waals surface area contributed by atoms with Crippen LogP contribution in [0.1, 0.15) is 11.1 Å². The number of nitrogens with zero attached hydrogens (tertiary/aromatic N) is 1. The SMILES string of the molecule is O=C1C(Nc2ccc3c(c2)OCO3)=C(c2ccc(F)cc2)C(=O)N1Cc1ccc(Cl)cc1. The Balaban J connectivity index is 1.52. The molecule has 3 aromatic carbocycles. The summed E-state index contributed by atoms with van der Waals surface area (Å²) < 4.78 is 24.2. The number of halogens is 2. The van der Waals surface area contributed by atoms with Crippen molar-refractivity contribution in [2.24, 2.45) is 0 Å². The lowest BCUT2D eigenvalue weighted by molar-refractivity contribution is -0.137. The maximum atomic E-state index is 13.5. The number of rotatable bonds is 5. The number of carbonyl (C=O) groups excluding carboxylic acids is 2. The van der Waals surface area contributed by atoms with Crippen LogP contribution < -0.4 is 14.8 Å². The third-order valence-electron chi connectivity index (χ3n) is 5.20. The van der Waals surface area contributed by atoms with Gasteiger partial charge in [-0.25, -0.2) is 4.39 Å². The highest BCUT2D eigenvalue weighted by atomic mass is 35.5. The van der Waals surface area contributed by atoms with Gasteiger partial charge in [0, 0.05) is 16.8 Å². The molecule has 0 saturated heterocycles. The second-order valence-electron chi connectivity index (χ2n) is 7.27. The largest absolute Gasteiger partial charge is 0.454 e. The average molecular weight is 451 g/mol. The summed E-state index contributed by atoms with van der Waals surface area (Å²) >= 11 is 5.94. The van der Waals surface area contributed by atoms with Gasteiger partial charge in [0.15, 0.2) is 11.5 Å². The minimum atomic E-state index is -0.484. The molecule has 3 aromatic rings. The zero-order chi connectivity index (χ0) is 22.2. The van der Waals surface area contributed by atoms with Crippen LogP contribution in [0.3, 0.4) is 0 Å². The highest BCUT2D eigenvalue weighted by molar-refractivity contribution is 6.36. The Morgan fingerprint density at radius 1 is 0.906 bits per heavy atom. The van der Waals surface area contributed by atoms with Crippen LogP contribution >= 0.6 is 11.6 Å². The summed E-state index contributed by atoms with van der Waals surface area (Å²) in [6.07, 6.45) is 0. The highest BCUT2D eigenvalue weighted by Gasteiger charge is 2.39. The van der Waals surface area contributed by atoms with E-state index in [4.69, 9.17) is 21.1 Å². The van der Waals surface area contributed by atoms with E-state index in [0.717, 1.165) is 10.5 Å². The third-order valence-corrected chi connectivity index (χ3v) is 5.45. The quantitative estimate of drug-likeness (QED) is 0.575. The zero-order valence-electron chi connectivity index (χ0n) is 16.6. The fraction of sp³-hybridized carbons (Fsp3) is 0.0833. The van der Waals surface area contributed by atoms with Crippen molar-refractivity contribution < 1.29 is 23.5 Å². The molecule has 0 aromatic heterocycles. The van der Waals surface area contributed by atoms with Crippen LogP contribution in [-0.4, -0.2) is 23.5 Å². The van der Waals surface area contributed by atoms with Crippen molar-refractivity contribution in [1.29, 1.82) is 0 Å². The minimum absolute atomic E-state index is 0.0752. The van der Waals surface area contributed by atoms with Gasteiger partial charge in [0.1, 0.15) is 11.5 Å². The van der Waals surface area contributed by atoms with E-state index in [-0.39, 0.29) is 24.6 Å². The van der Waals surface area contributed by atoms with Crippen molar-refractivity contribution in [3.8, 4) is 11.5 Å². The number of nitrogens with one attached hydrogen (secondary N) is 1. The Kier molecular flexibility index (Phi) is 5.03. The minimum Gasteiger partial charge on any atom is -0.454 e. The van der Waals surface area contributed by atoms with E-state index in [1.165, 1.54) is 24.3 Å². The average Bonchev–Trinajstić information content (AvgIpc) is 3.34. The van der Waals surface area contributed by atoms with Gasteiger partial charge in [0.25, 0.3) is 11.8 Å². The molecule has 2 aliphatic heterocycles. The summed E-state index contributed by atoms with van der Waals surface area (Å²) in [5, 5.41) is 3.61. The van der Waals surface area contributed by atoms with Gasteiger partial charge < -0.3 is 14.8 Å². The van der Waals surface area contributed by atoms with E-state index in [9.17, 15) is 14.0 Å². The van der Waals surface area contributed by atoms with Crippen LogP contribution in [0.25, 0.3) is 5.57 Å². The number of anilines is 1. The number of carbonyl (C=O) groups is 2. The van der Waals surface area contributed by atoms with Gasteiger partial charge >= 0.3 is 0 Å². The number of hydrogen-bond donors (Lipinski definition) is 1. The fourth-order valence-corrected chi connectivity index (χ4v) is 3.74. The predicted molar refractivity (Wildman–Crippen MR) is 117 cm³/mol. The second-order valence-corrected chi connectivity index (χ2v) is 7.71. The van der Waals surface area contributed by atoms with Crippen LogP contribution in [0.2, 0.25) is 5.02 Å². The number of imide groups is 1. The molecule has 0 fully saturated rings. The molecule has 5 rings (SSSR count). The molecule has 160 valence electrons. The Morgan fingerprint density at radius 3 is 2.38 bits per heavy atom. The van der Waals surface area contributed by atoms with Crippen molar-refractivity contribution in [3.05, 3.63) is 94.4 Å². The second kappa shape index (κ2) is 8.01. The van der Waals surface area contributed by atoms with E-state index in [1.807, 2.05) is 0 Å². The summed E-state index contributed by atoms with van der Waals surface area (Å²) in [6, 6.07) is 17.5. The van der Waals surface area contributed by atoms with E-state index >= 15 is 0 Å². The third kappa shape index (κ3) is 3.67. The number of hydrogen-bond acceptors (Lipinski definition) is 5. The summed E-state index contributed by atoms with van der Waals surface area (Å²) in [5.41, 5.74) is 2.01. The molecule has 0 bridgehead atoms. The summed E-state index contributed by atoms with van der Waals surface area (Å²) in [4.78, 5) is 27.8. The van der Waals surface area contributed by atoms with Crippen LogP contribution in [0, 0.1) is 5.82 Å². The molecule has 2 heterocycles. The molecule has 2 amide bonds. The van der Waals surface area contributed by atoms with Crippen LogP contribution in [0.5, 0.6) is 11.5 Å². The van der Waals surface area contributed by atoms with Gasteiger partial charge in [-0.15, -0.1) is 0 Å². The lowest BCUT2D eigenvalue weighted by atomic mass is 10.0. The van der Waals surface area contributed by atoms with Crippen molar-refractivity contribution in [2.75, 3.05) is 12.1 Å². The zero-order valence-corrected chi connectivity index (χ0v) is 17.4. The number of fused-ring (bicyclic) bond motifs is 1. The van der Waals surface area contributed by atoms with Crippen LogP contribution in [0.4, 0.5) is 10.1 Å². The first kappa shape index (κ1) is 20.1. The monoisotopic (exact) mass is 450 g/mol. The molecule has 0 saturated carbocycles. The number of amides is 2. The molecule has 0 atom stereocenters. The first-order chi connectivity index (χ1) is 15.5. The number of ether oxygens (including phenoxy) is 2.